The summed E-state index contributed by atoms with van der Waals surface area (Å²) in [5, 5.41) is 2.14. The van der Waals surface area contributed by atoms with Gasteiger partial charge in [0, 0.05) is 52.2 Å². The average Bonchev–Trinajstić information content (AvgIpc) is 3.88. The number of morpholine rings is 1. The van der Waals surface area contributed by atoms with E-state index in [0.717, 1.165) is 66.4 Å². The van der Waals surface area contributed by atoms with Gasteiger partial charge in [-0.15, -0.1) is 0 Å². The number of hydrogen-bond acceptors (Lipinski definition) is 5. The Bertz CT molecular complexity index is 2860. The maximum absolute atomic E-state index is 7.98. The molecule has 1 saturated heterocycles. The first kappa shape index (κ1) is 37.7. The van der Waals surface area contributed by atoms with E-state index in [1.807, 2.05) is 0 Å². The largest absolute Gasteiger partial charge is 0.493 e. The number of anilines is 1. The molecule has 5 heteroatoms. The van der Waals surface area contributed by atoms with Gasteiger partial charge in [0.1, 0.15) is 5.75 Å². The first-order chi connectivity index (χ1) is 30.4. The lowest BCUT2D eigenvalue weighted by Crippen LogP contribution is -2.45. The third kappa shape index (κ3) is 5.24. The van der Waals surface area contributed by atoms with Crippen molar-refractivity contribution < 1.29 is 18.9 Å². The van der Waals surface area contributed by atoms with Crippen molar-refractivity contribution in [3.63, 3.8) is 0 Å². The minimum atomic E-state index is -0.913. The molecule has 0 bridgehead atoms. The Morgan fingerprint density at radius 3 is 2.15 bits per heavy atom. The predicted molar refractivity (Wildman–Crippen MR) is 250 cm³/mol. The Morgan fingerprint density at radius 1 is 0.710 bits per heavy atom. The smallest absolute Gasteiger partial charge is 0.178 e. The first-order valence-electron chi connectivity index (χ1n) is 22.7. The molecule has 6 aromatic rings. The zero-order chi connectivity index (χ0) is 41.7. The van der Waals surface area contributed by atoms with E-state index in [9.17, 15) is 0 Å². The maximum atomic E-state index is 7.98. The van der Waals surface area contributed by atoms with E-state index >= 15 is 0 Å². The van der Waals surface area contributed by atoms with Crippen molar-refractivity contribution in [3.05, 3.63) is 172 Å². The van der Waals surface area contributed by atoms with Crippen LogP contribution in [0.1, 0.15) is 73.8 Å². The molecule has 0 aromatic heterocycles. The van der Waals surface area contributed by atoms with Crippen LogP contribution in [0.4, 0.5) is 5.69 Å². The summed E-state index contributed by atoms with van der Waals surface area (Å²) in [6.07, 6.45) is 15.8. The summed E-state index contributed by atoms with van der Waals surface area (Å²) in [7, 11) is 3.48. The van der Waals surface area contributed by atoms with Crippen LogP contribution in [-0.2, 0) is 15.8 Å². The van der Waals surface area contributed by atoms with Crippen molar-refractivity contribution in [1.82, 2.24) is 0 Å². The highest BCUT2D eigenvalue weighted by Gasteiger charge is 2.59. The number of nitrogens with zero attached hydrogens (tertiary/aromatic N) is 1. The van der Waals surface area contributed by atoms with Crippen LogP contribution < -0.4 is 19.1 Å². The van der Waals surface area contributed by atoms with Gasteiger partial charge in [-0.2, -0.15) is 0 Å². The van der Waals surface area contributed by atoms with Gasteiger partial charge in [0.05, 0.1) is 26.4 Å². The van der Waals surface area contributed by atoms with Crippen LogP contribution >= 0.6 is 0 Å². The second-order valence-electron chi connectivity index (χ2n) is 18.4. The molecule has 0 saturated carbocycles. The molecule has 5 nitrogen and oxygen atoms in total. The number of rotatable bonds is 5. The average molecular weight is 816 g/mol. The van der Waals surface area contributed by atoms with Gasteiger partial charge in [-0.1, -0.05) is 120 Å². The number of hydrogen-bond donors (Lipinski definition) is 0. The van der Waals surface area contributed by atoms with Crippen molar-refractivity contribution in [2.75, 3.05) is 32.2 Å². The minimum absolute atomic E-state index is 0.173. The second kappa shape index (κ2) is 14.3. The molecule has 310 valence electrons. The van der Waals surface area contributed by atoms with Gasteiger partial charge >= 0.3 is 0 Å². The zero-order valence-electron chi connectivity index (χ0n) is 36.1. The highest BCUT2D eigenvalue weighted by Crippen LogP contribution is 2.69. The third-order valence-electron chi connectivity index (χ3n) is 15.2. The summed E-state index contributed by atoms with van der Waals surface area (Å²) in [4.78, 5) is 2.45. The number of benzene rings is 6. The van der Waals surface area contributed by atoms with Crippen LogP contribution in [0, 0.1) is 11.8 Å². The number of fused-ring (bicyclic) bond motifs is 16. The molecule has 2 heterocycles. The van der Waals surface area contributed by atoms with Crippen molar-refractivity contribution >= 4 is 22.5 Å². The molecule has 2 aliphatic heterocycles. The van der Waals surface area contributed by atoms with Gasteiger partial charge in [0.25, 0.3) is 0 Å². The van der Waals surface area contributed by atoms with Crippen LogP contribution in [0.5, 0.6) is 17.2 Å². The fraction of sp³-hybridized carbons (Fsp3) is 0.298. The van der Waals surface area contributed by atoms with Gasteiger partial charge < -0.3 is 23.8 Å². The first-order valence-corrected chi connectivity index (χ1v) is 22.7. The van der Waals surface area contributed by atoms with E-state index < -0.39 is 5.60 Å². The summed E-state index contributed by atoms with van der Waals surface area (Å²) in [5.74, 6) is 3.07. The van der Waals surface area contributed by atoms with Crippen LogP contribution in [0.25, 0.3) is 39.1 Å². The van der Waals surface area contributed by atoms with Crippen molar-refractivity contribution in [1.29, 1.82) is 0 Å². The molecule has 6 atom stereocenters. The molecule has 6 unspecified atom stereocenters. The lowest BCUT2D eigenvalue weighted by molar-refractivity contribution is -0.00522. The molecule has 4 aliphatic carbocycles. The summed E-state index contributed by atoms with van der Waals surface area (Å²) in [6.45, 7) is 6.06. The normalized spacial score (nSPS) is 26.5. The molecule has 1 spiro atoms. The van der Waals surface area contributed by atoms with Gasteiger partial charge in [0.2, 0.25) is 0 Å². The lowest BCUT2D eigenvalue weighted by Gasteiger charge is -2.46. The topological polar surface area (TPSA) is 40.2 Å². The molecule has 0 amide bonds. The number of allylic oxidation sites excluding steroid dienone is 4. The quantitative estimate of drug-likeness (QED) is 0.162. The summed E-state index contributed by atoms with van der Waals surface area (Å²) < 4.78 is 26.4. The highest BCUT2D eigenvalue weighted by atomic mass is 16.5. The number of methoxy groups -OCH3 is 2. The van der Waals surface area contributed by atoms with E-state index in [4.69, 9.17) is 18.9 Å². The Balaban J connectivity index is 1.19. The Morgan fingerprint density at radius 2 is 1.39 bits per heavy atom. The van der Waals surface area contributed by atoms with Crippen LogP contribution in [-0.4, -0.2) is 39.5 Å². The monoisotopic (exact) mass is 815 g/mol. The van der Waals surface area contributed by atoms with Gasteiger partial charge in [-0.3, -0.25) is 0 Å². The van der Waals surface area contributed by atoms with E-state index in [-0.39, 0.29) is 17.6 Å². The van der Waals surface area contributed by atoms with Gasteiger partial charge in [-0.25, -0.2) is 0 Å². The second-order valence-corrected chi connectivity index (χ2v) is 18.4. The fourth-order valence-corrected chi connectivity index (χ4v) is 12.9. The SMILES string of the molecule is COc1cc2c3c(c4c(c2cc1OC)-c1ccccc1-c1ccccc1C41C2=C(CCC2)C2C=CCCC21)C=CC(c1ccccc1)(c1ccc(N2CC(C)OC(C)C2)cc1)O3. The molecular weight excluding hydrogens is 763 g/mol. The zero-order valence-corrected chi connectivity index (χ0v) is 36.1. The van der Waals surface area contributed by atoms with Crippen molar-refractivity contribution in [3.8, 4) is 39.5 Å². The van der Waals surface area contributed by atoms with Crippen LogP contribution in [0.2, 0.25) is 0 Å². The molecule has 12 rings (SSSR count). The Kier molecular flexibility index (Phi) is 8.67. The molecule has 62 heavy (non-hydrogen) atoms. The third-order valence-corrected chi connectivity index (χ3v) is 15.2. The van der Waals surface area contributed by atoms with Gasteiger partial charge in [-0.05, 0) is 121 Å². The Hall–Kier alpha value is -6.04. The van der Waals surface area contributed by atoms with Crippen LogP contribution in [0.15, 0.2) is 145 Å². The molecule has 0 radical (unpaired) electrons. The summed E-state index contributed by atoms with van der Waals surface area (Å²) in [5.41, 5.74) is 14.5. The van der Waals surface area contributed by atoms with E-state index in [1.54, 1.807) is 25.4 Å². The standard InChI is InChI=1S/C57H53NO4/c1-35-33-58(34-36(2)61-35)39-27-25-38(26-28-39)56(37-15-6-5-7-16-37)30-29-45-54-53(46-31-51(59-3)52(60-4)32-47(46)55(45)62-56)44-20-9-8-17-40(44)41-18-10-12-22-48(41)57(54)49-23-13-11-19-42(49)43-21-14-24-50(43)57/h5-12,15-20,22,25-32,35-36,42,49H,13-14,21,23-24,33-34H2,1-4H3. The lowest BCUT2D eigenvalue weighted by atomic mass is 9.57. The van der Waals surface area contributed by atoms with Gasteiger partial charge in [0.15, 0.2) is 17.1 Å². The van der Waals surface area contributed by atoms with Crippen LogP contribution in [0.3, 0.4) is 0 Å². The molecule has 1 fully saturated rings. The highest BCUT2D eigenvalue weighted by molar-refractivity contribution is 6.11. The van der Waals surface area contributed by atoms with E-state index in [0.29, 0.717) is 23.3 Å². The minimum Gasteiger partial charge on any atom is -0.493 e. The Labute approximate surface area is 365 Å². The van der Waals surface area contributed by atoms with E-state index in [2.05, 4.69) is 158 Å². The summed E-state index contributed by atoms with van der Waals surface area (Å²) >= 11 is 0. The molecule has 6 aromatic carbocycles. The molecule has 6 aliphatic rings. The predicted octanol–water partition coefficient (Wildman–Crippen LogP) is 12.8. The maximum Gasteiger partial charge on any atom is 0.178 e. The van der Waals surface area contributed by atoms with Crippen molar-refractivity contribution in [2.45, 2.75) is 69.2 Å². The fourth-order valence-electron chi connectivity index (χ4n) is 12.9. The molecular formula is C57H53NO4. The molecule has 0 N–H and O–H groups in total. The van der Waals surface area contributed by atoms with E-state index in [1.165, 1.54) is 51.1 Å². The summed E-state index contributed by atoms with van der Waals surface area (Å²) in [6, 6.07) is 42.8. The van der Waals surface area contributed by atoms with Crippen molar-refractivity contribution in [2.24, 2.45) is 11.8 Å². The number of ether oxygens (including phenoxy) is 4.